The third-order valence-corrected chi connectivity index (χ3v) is 4.38. The van der Waals surface area contributed by atoms with Crippen molar-refractivity contribution in [2.45, 2.75) is 26.7 Å². The first-order valence-corrected chi connectivity index (χ1v) is 6.76. The van der Waals surface area contributed by atoms with E-state index in [0.717, 1.165) is 17.3 Å². The molecule has 3 unspecified atom stereocenters. The zero-order chi connectivity index (χ0) is 12.6. The molecule has 0 amide bonds. The third kappa shape index (κ3) is 2.89. The maximum atomic E-state index is 10.8. The zero-order valence-corrected chi connectivity index (χ0v) is 11.7. The molecular formula is C14H17BrO2. The lowest BCUT2D eigenvalue weighted by atomic mass is 9.95. The van der Waals surface area contributed by atoms with Gasteiger partial charge in [-0.05, 0) is 48.8 Å². The molecule has 1 aliphatic carbocycles. The minimum absolute atomic E-state index is 0.103. The topological polar surface area (TPSA) is 37.3 Å². The molecule has 1 N–H and O–H groups in total. The molecule has 3 atom stereocenters. The maximum Gasteiger partial charge on any atom is 0.306 e. The van der Waals surface area contributed by atoms with E-state index in [1.165, 1.54) is 11.1 Å². The predicted octanol–water partition coefficient (Wildman–Crippen LogP) is 3.66. The van der Waals surface area contributed by atoms with Gasteiger partial charge in [-0.2, -0.15) is 0 Å². The fourth-order valence-corrected chi connectivity index (χ4v) is 3.10. The molecule has 0 bridgehead atoms. The van der Waals surface area contributed by atoms with Gasteiger partial charge >= 0.3 is 5.97 Å². The lowest BCUT2D eigenvalue weighted by molar-refractivity contribution is -0.139. The number of aliphatic carboxylic acids is 1. The van der Waals surface area contributed by atoms with Gasteiger partial charge in [-0.3, -0.25) is 4.79 Å². The number of hydrogen-bond acceptors (Lipinski definition) is 1. The third-order valence-electron chi connectivity index (χ3n) is 3.64. The molecule has 1 saturated carbocycles. The number of carboxylic acid groups (broad SMARTS) is 1. The lowest BCUT2D eigenvalue weighted by Gasteiger charge is -2.12. The summed E-state index contributed by atoms with van der Waals surface area (Å²) in [6.45, 7) is 4.22. The van der Waals surface area contributed by atoms with Crippen LogP contribution in [-0.4, -0.2) is 11.1 Å². The first-order chi connectivity index (χ1) is 7.99. The van der Waals surface area contributed by atoms with Gasteiger partial charge < -0.3 is 5.11 Å². The molecule has 2 rings (SSSR count). The van der Waals surface area contributed by atoms with E-state index in [1.807, 2.05) is 0 Å². The molecule has 3 heteroatoms. The number of rotatable bonds is 4. The van der Waals surface area contributed by atoms with Crippen molar-refractivity contribution >= 4 is 21.9 Å². The molecule has 1 fully saturated rings. The van der Waals surface area contributed by atoms with Crippen LogP contribution in [-0.2, 0) is 11.2 Å². The fourth-order valence-electron chi connectivity index (χ4n) is 2.44. The molecule has 17 heavy (non-hydrogen) atoms. The second-order valence-corrected chi connectivity index (χ2v) is 5.97. The summed E-state index contributed by atoms with van der Waals surface area (Å²) in [6, 6.07) is 6.35. The van der Waals surface area contributed by atoms with Crippen LogP contribution >= 0.6 is 15.9 Å². The van der Waals surface area contributed by atoms with Gasteiger partial charge in [0.2, 0.25) is 0 Å². The number of halogens is 1. The van der Waals surface area contributed by atoms with E-state index in [2.05, 4.69) is 48.0 Å². The van der Waals surface area contributed by atoms with Gasteiger partial charge in [-0.25, -0.2) is 0 Å². The molecule has 1 aliphatic rings. The summed E-state index contributed by atoms with van der Waals surface area (Å²) in [7, 11) is 0. The Kier molecular flexibility index (Phi) is 3.57. The van der Waals surface area contributed by atoms with Crippen molar-refractivity contribution in [3.05, 3.63) is 33.8 Å². The van der Waals surface area contributed by atoms with E-state index in [0.29, 0.717) is 11.8 Å². The number of hydrogen-bond donors (Lipinski definition) is 1. The largest absolute Gasteiger partial charge is 0.481 e. The average Bonchev–Trinajstić information content (AvgIpc) is 3.01. The minimum Gasteiger partial charge on any atom is -0.481 e. The van der Waals surface area contributed by atoms with Gasteiger partial charge in [0.15, 0.2) is 0 Å². The summed E-state index contributed by atoms with van der Waals surface area (Å²) in [5.41, 5.74) is 2.52. The molecule has 0 saturated heterocycles. The highest BCUT2D eigenvalue weighted by molar-refractivity contribution is 9.10. The summed E-state index contributed by atoms with van der Waals surface area (Å²) in [5, 5.41) is 8.92. The molecule has 1 aromatic carbocycles. The van der Waals surface area contributed by atoms with Crippen LogP contribution in [0.1, 0.15) is 24.5 Å². The molecule has 0 radical (unpaired) electrons. The SMILES string of the molecule is Cc1ccc(CC(C)C2CC2C(=O)O)c(Br)c1. The number of benzene rings is 1. The van der Waals surface area contributed by atoms with Crippen molar-refractivity contribution in [2.24, 2.45) is 17.8 Å². The Labute approximate surface area is 110 Å². The van der Waals surface area contributed by atoms with Crippen molar-refractivity contribution in [1.82, 2.24) is 0 Å². The van der Waals surface area contributed by atoms with Crippen LogP contribution in [0.3, 0.4) is 0 Å². The molecular weight excluding hydrogens is 280 g/mol. The van der Waals surface area contributed by atoms with E-state index in [4.69, 9.17) is 5.11 Å². The number of aryl methyl sites for hydroxylation is 1. The maximum absolute atomic E-state index is 10.8. The summed E-state index contributed by atoms with van der Waals surface area (Å²) in [6.07, 6.45) is 1.80. The van der Waals surface area contributed by atoms with Crippen LogP contribution in [0.15, 0.2) is 22.7 Å². The smallest absolute Gasteiger partial charge is 0.306 e. The first kappa shape index (κ1) is 12.6. The van der Waals surface area contributed by atoms with Crippen molar-refractivity contribution < 1.29 is 9.90 Å². The van der Waals surface area contributed by atoms with E-state index in [-0.39, 0.29) is 5.92 Å². The normalized spacial score (nSPS) is 24.4. The van der Waals surface area contributed by atoms with E-state index < -0.39 is 5.97 Å². The quantitative estimate of drug-likeness (QED) is 0.921. The zero-order valence-electron chi connectivity index (χ0n) is 10.1. The van der Waals surface area contributed by atoms with Gasteiger partial charge in [-0.1, -0.05) is 35.0 Å². The van der Waals surface area contributed by atoms with Crippen LogP contribution in [0.4, 0.5) is 0 Å². The molecule has 92 valence electrons. The van der Waals surface area contributed by atoms with Crippen LogP contribution in [0.2, 0.25) is 0 Å². The first-order valence-electron chi connectivity index (χ1n) is 5.97. The predicted molar refractivity (Wildman–Crippen MR) is 71.0 cm³/mol. The Balaban J connectivity index is 1.99. The summed E-state index contributed by atoms with van der Waals surface area (Å²) >= 11 is 3.57. The molecule has 1 aromatic rings. The fraction of sp³-hybridized carbons (Fsp3) is 0.500. The van der Waals surface area contributed by atoms with Crippen molar-refractivity contribution in [2.75, 3.05) is 0 Å². The van der Waals surface area contributed by atoms with Crippen molar-refractivity contribution in [1.29, 1.82) is 0 Å². The highest BCUT2D eigenvalue weighted by Gasteiger charge is 2.46. The van der Waals surface area contributed by atoms with E-state index >= 15 is 0 Å². The van der Waals surface area contributed by atoms with Gasteiger partial charge in [-0.15, -0.1) is 0 Å². The summed E-state index contributed by atoms with van der Waals surface area (Å²) in [4.78, 5) is 10.8. The Hall–Kier alpha value is -0.830. The van der Waals surface area contributed by atoms with Crippen molar-refractivity contribution in [3.63, 3.8) is 0 Å². The second-order valence-electron chi connectivity index (χ2n) is 5.12. The van der Waals surface area contributed by atoms with Crippen LogP contribution < -0.4 is 0 Å². The summed E-state index contributed by atoms with van der Waals surface area (Å²) in [5.74, 6) is 0.0647. The van der Waals surface area contributed by atoms with Gasteiger partial charge in [0.1, 0.15) is 0 Å². The van der Waals surface area contributed by atoms with Gasteiger partial charge in [0, 0.05) is 4.47 Å². The summed E-state index contributed by atoms with van der Waals surface area (Å²) < 4.78 is 1.14. The Morgan fingerprint density at radius 1 is 1.59 bits per heavy atom. The highest BCUT2D eigenvalue weighted by Crippen LogP contribution is 2.45. The molecule has 0 aliphatic heterocycles. The molecule has 2 nitrogen and oxygen atoms in total. The Morgan fingerprint density at radius 2 is 2.29 bits per heavy atom. The van der Waals surface area contributed by atoms with E-state index in [1.54, 1.807) is 0 Å². The highest BCUT2D eigenvalue weighted by atomic mass is 79.9. The van der Waals surface area contributed by atoms with E-state index in [9.17, 15) is 4.79 Å². The Bertz CT molecular complexity index is 442. The van der Waals surface area contributed by atoms with Gasteiger partial charge in [0.25, 0.3) is 0 Å². The number of carboxylic acids is 1. The lowest BCUT2D eigenvalue weighted by Crippen LogP contribution is -2.08. The number of carbonyl (C=O) groups is 1. The molecule has 0 spiro atoms. The van der Waals surface area contributed by atoms with Crippen molar-refractivity contribution in [3.8, 4) is 0 Å². The molecule has 0 aromatic heterocycles. The van der Waals surface area contributed by atoms with Crippen LogP contribution in [0.5, 0.6) is 0 Å². The second kappa shape index (κ2) is 4.81. The van der Waals surface area contributed by atoms with Gasteiger partial charge in [0.05, 0.1) is 5.92 Å². The minimum atomic E-state index is -0.634. The standard InChI is InChI=1S/C14H17BrO2/c1-8-3-4-10(13(15)5-8)6-9(2)11-7-12(11)14(16)17/h3-5,9,11-12H,6-7H2,1-2H3,(H,16,17). The Morgan fingerprint density at radius 3 is 2.82 bits per heavy atom. The monoisotopic (exact) mass is 296 g/mol. The average molecular weight is 297 g/mol. The van der Waals surface area contributed by atoms with Crippen LogP contribution in [0, 0.1) is 24.7 Å². The molecule has 0 heterocycles. The van der Waals surface area contributed by atoms with Crippen LogP contribution in [0.25, 0.3) is 0 Å².